The van der Waals surface area contributed by atoms with Gasteiger partial charge in [-0.25, -0.2) is 9.78 Å². The van der Waals surface area contributed by atoms with Gasteiger partial charge in [-0.15, -0.1) is 0 Å². The average Bonchev–Trinajstić information content (AvgIpc) is 3.41. The number of esters is 1. The van der Waals surface area contributed by atoms with Gasteiger partial charge in [0.15, 0.2) is 5.60 Å². The van der Waals surface area contributed by atoms with E-state index in [0.29, 0.717) is 74.1 Å². The highest BCUT2D eigenvalue weighted by Crippen LogP contribution is 2.39. The van der Waals surface area contributed by atoms with E-state index in [1.54, 1.807) is 30.7 Å². The van der Waals surface area contributed by atoms with Crippen molar-refractivity contribution in [2.75, 3.05) is 59.9 Å². The maximum absolute atomic E-state index is 13.5. The van der Waals surface area contributed by atoms with Gasteiger partial charge >= 0.3 is 5.97 Å². The quantitative estimate of drug-likeness (QED) is 0.137. The minimum atomic E-state index is -1.91. The lowest BCUT2D eigenvalue weighted by Gasteiger charge is -2.31. The van der Waals surface area contributed by atoms with E-state index >= 15 is 0 Å². The molecule has 1 aromatic carbocycles. The van der Waals surface area contributed by atoms with Gasteiger partial charge in [0.25, 0.3) is 5.56 Å². The van der Waals surface area contributed by atoms with Crippen molar-refractivity contribution in [3.63, 3.8) is 0 Å². The molecule has 0 radical (unpaired) electrons. The molecule has 3 aromatic rings. The van der Waals surface area contributed by atoms with Gasteiger partial charge in [-0.1, -0.05) is 6.92 Å². The molecule has 0 bridgehead atoms. The topological polar surface area (TPSA) is 159 Å². The number of aromatic hydroxyl groups is 1. The van der Waals surface area contributed by atoms with Crippen LogP contribution < -0.4 is 5.56 Å². The molecule has 5 rings (SSSR count). The van der Waals surface area contributed by atoms with Gasteiger partial charge in [-0.05, 0) is 37.6 Å². The van der Waals surface area contributed by atoms with Gasteiger partial charge < -0.3 is 43.4 Å². The number of hydrogen-bond donors (Lipinski definition) is 2. The number of aliphatic hydroxyl groups is 1. The molecular formula is C33H41N3O10. The highest BCUT2D eigenvalue weighted by molar-refractivity contribution is 5.89. The molecule has 0 fully saturated rings. The Balaban J connectivity index is 1.22. The number of ether oxygens (including phenoxy) is 5. The molecule has 13 nitrogen and oxygen atoms in total. The molecule has 2 N–H and O–H groups in total. The van der Waals surface area contributed by atoms with Gasteiger partial charge in [0.05, 0.1) is 81.7 Å². The van der Waals surface area contributed by atoms with E-state index in [9.17, 15) is 24.6 Å². The summed E-state index contributed by atoms with van der Waals surface area (Å²) in [5.41, 5.74) is 1.14. The maximum Gasteiger partial charge on any atom is 0.343 e. The Morgan fingerprint density at radius 2 is 1.70 bits per heavy atom. The van der Waals surface area contributed by atoms with Gasteiger partial charge in [0, 0.05) is 42.3 Å². The lowest BCUT2D eigenvalue weighted by atomic mass is 9.86. The summed E-state index contributed by atoms with van der Waals surface area (Å²) in [7, 11) is 1.66. The summed E-state index contributed by atoms with van der Waals surface area (Å²) in [6, 6.07) is 6.74. The number of cyclic esters (lactones) is 1. The molecule has 0 spiro atoms. The van der Waals surface area contributed by atoms with E-state index in [2.05, 4.69) is 0 Å². The standard InChI is InChI=1S/C33H41N3O10/c1-4-33(41)25-17-27-30-21(18-36(27)31(39)24(25)20-46-32(33)40)16-22-23(28(37)7-6-26(22)34-30)19-35(3)29(38)8-9-43-12-13-45-15-14-44-11-10-42-5-2/h6-7,16-17,37,41H,4-5,8-15,18-20H2,1-3H3/t33-/m0/s1. The number of carbonyl (C=O) groups excluding carboxylic acids is 2. The predicted octanol–water partition coefficient (Wildman–Crippen LogP) is 2.22. The van der Waals surface area contributed by atoms with Crippen molar-refractivity contribution < 1.29 is 43.5 Å². The van der Waals surface area contributed by atoms with Crippen LogP contribution in [-0.4, -0.2) is 96.4 Å². The molecule has 1 atom stereocenters. The Morgan fingerprint density at radius 3 is 2.37 bits per heavy atom. The third-order valence-corrected chi connectivity index (χ3v) is 8.38. The molecule has 0 saturated carbocycles. The fourth-order valence-electron chi connectivity index (χ4n) is 5.75. The van der Waals surface area contributed by atoms with E-state index in [4.69, 9.17) is 28.7 Å². The predicted molar refractivity (Wildman–Crippen MR) is 166 cm³/mol. The zero-order valence-electron chi connectivity index (χ0n) is 26.5. The third-order valence-electron chi connectivity index (χ3n) is 8.38. The number of hydrogen-bond acceptors (Lipinski definition) is 11. The number of fused-ring (bicyclic) bond motifs is 5. The molecule has 2 aliphatic rings. The lowest BCUT2D eigenvalue weighted by molar-refractivity contribution is -0.172. The van der Waals surface area contributed by atoms with Crippen LogP contribution in [0.3, 0.4) is 0 Å². The monoisotopic (exact) mass is 639 g/mol. The summed E-state index contributed by atoms with van der Waals surface area (Å²) >= 11 is 0. The second-order valence-electron chi connectivity index (χ2n) is 11.3. The van der Waals surface area contributed by atoms with Gasteiger partial charge in [0.1, 0.15) is 12.4 Å². The minimum Gasteiger partial charge on any atom is -0.508 e. The van der Waals surface area contributed by atoms with Crippen LogP contribution in [0.15, 0.2) is 29.1 Å². The molecule has 0 unspecified atom stereocenters. The van der Waals surface area contributed by atoms with Gasteiger partial charge in [-0.3, -0.25) is 9.59 Å². The fourth-order valence-corrected chi connectivity index (χ4v) is 5.75. The van der Waals surface area contributed by atoms with Crippen LogP contribution in [0.4, 0.5) is 0 Å². The number of carbonyl (C=O) groups is 2. The van der Waals surface area contributed by atoms with Crippen LogP contribution in [0.25, 0.3) is 22.3 Å². The van der Waals surface area contributed by atoms with Crippen molar-refractivity contribution in [3.8, 4) is 17.1 Å². The summed E-state index contributed by atoms with van der Waals surface area (Å²) in [4.78, 5) is 45.1. The number of phenols is 1. The number of benzene rings is 1. The van der Waals surface area contributed by atoms with Crippen LogP contribution in [-0.2, 0) is 58.6 Å². The van der Waals surface area contributed by atoms with Crippen LogP contribution >= 0.6 is 0 Å². The first-order chi connectivity index (χ1) is 22.2. The highest BCUT2D eigenvalue weighted by Gasteiger charge is 2.45. The van der Waals surface area contributed by atoms with E-state index < -0.39 is 11.6 Å². The third kappa shape index (κ3) is 6.79. The average molecular weight is 640 g/mol. The number of amides is 1. The van der Waals surface area contributed by atoms with Crippen LogP contribution in [0, 0.1) is 0 Å². The largest absolute Gasteiger partial charge is 0.508 e. The number of phenolic OH excluding ortho intramolecular Hbond substituents is 1. The van der Waals surface area contributed by atoms with Crippen molar-refractivity contribution in [2.24, 2.45) is 0 Å². The summed E-state index contributed by atoms with van der Waals surface area (Å²) in [6.45, 7) is 7.41. The summed E-state index contributed by atoms with van der Waals surface area (Å²) < 4.78 is 28.3. The molecule has 2 aliphatic heterocycles. The second-order valence-corrected chi connectivity index (χ2v) is 11.3. The Morgan fingerprint density at radius 1 is 1.02 bits per heavy atom. The zero-order chi connectivity index (χ0) is 32.8. The first kappa shape index (κ1) is 33.5. The van der Waals surface area contributed by atoms with Gasteiger partial charge in [-0.2, -0.15) is 0 Å². The number of rotatable bonds is 16. The van der Waals surface area contributed by atoms with Crippen LogP contribution in [0.2, 0.25) is 0 Å². The van der Waals surface area contributed by atoms with E-state index in [-0.39, 0.29) is 67.5 Å². The molecule has 248 valence electrons. The molecule has 0 aliphatic carbocycles. The second kappa shape index (κ2) is 14.7. The van der Waals surface area contributed by atoms with Gasteiger partial charge in [0.2, 0.25) is 5.91 Å². The Bertz CT molecular complexity index is 1660. The highest BCUT2D eigenvalue weighted by atomic mass is 16.6. The van der Waals surface area contributed by atoms with Crippen molar-refractivity contribution in [1.29, 1.82) is 0 Å². The Kier molecular flexibility index (Phi) is 10.7. The molecule has 1 amide bonds. The van der Waals surface area contributed by atoms with E-state index in [1.165, 1.54) is 11.0 Å². The summed E-state index contributed by atoms with van der Waals surface area (Å²) in [6.07, 6.45) is 0.219. The molecule has 2 aromatic heterocycles. The Labute approximate surface area is 266 Å². The van der Waals surface area contributed by atoms with Crippen molar-refractivity contribution >= 4 is 22.8 Å². The smallest absolute Gasteiger partial charge is 0.343 e. The number of pyridine rings is 2. The normalized spacial score (nSPS) is 16.7. The van der Waals surface area contributed by atoms with E-state index in [0.717, 1.165) is 5.56 Å². The zero-order valence-corrected chi connectivity index (χ0v) is 26.5. The maximum atomic E-state index is 13.5. The lowest BCUT2D eigenvalue weighted by Crippen LogP contribution is -2.44. The Hall–Kier alpha value is -3.88. The molecule has 46 heavy (non-hydrogen) atoms. The molecule has 4 heterocycles. The summed E-state index contributed by atoms with van der Waals surface area (Å²) in [5, 5.41) is 22.6. The van der Waals surface area contributed by atoms with Crippen molar-refractivity contribution in [1.82, 2.24) is 14.5 Å². The van der Waals surface area contributed by atoms with Crippen molar-refractivity contribution in [2.45, 2.75) is 52.0 Å². The fraction of sp³-hybridized carbons (Fsp3) is 0.515. The number of aromatic nitrogens is 2. The first-order valence-electron chi connectivity index (χ1n) is 15.6. The molecule has 13 heteroatoms. The summed E-state index contributed by atoms with van der Waals surface area (Å²) in [5.74, 6) is -0.906. The SMILES string of the molecule is CCOCCOCCOCCOCCC(=O)N(C)Cc1c(O)ccc2nc3c(cc12)Cn1c-3cc2c(c1=O)COC(=O)[C@]2(O)CC. The van der Waals surface area contributed by atoms with Crippen molar-refractivity contribution in [3.05, 3.63) is 56.9 Å². The first-order valence-corrected chi connectivity index (χ1v) is 15.6. The van der Waals surface area contributed by atoms with E-state index in [1.807, 2.05) is 13.0 Å². The molecular weight excluding hydrogens is 598 g/mol. The van der Waals surface area contributed by atoms with Crippen LogP contribution in [0.5, 0.6) is 5.75 Å². The minimum absolute atomic E-state index is 0.0241. The molecule has 0 saturated heterocycles. The number of nitrogens with zero attached hydrogens (tertiary/aromatic N) is 3. The van der Waals surface area contributed by atoms with Crippen LogP contribution in [0.1, 0.15) is 48.9 Å².